The number of rotatable bonds is 4. The first-order valence-corrected chi connectivity index (χ1v) is 10.7. The zero-order valence-electron chi connectivity index (χ0n) is 18.5. The third-order valence-electron chi connectivity index (χ3n) is 6.25. The van der Waals surface area contributed by atoms with Crippen LogP contribution in [0.5, 0.6) is 0 Å². The van der Waals surface area contributed by atoms with Gasteiger partial charge in [0.25, 0.3) is 0 Å². The van der Waals surface area contributed by atoms with E-state index in [0.29, 0.717) is 37.0 Å². The Labute approximate surface area is 187 Å². The quantitative estimate of drug-likeness (QED) is 0.587. The van der Waals surface area contributed by atoms with E-state index < -0.39 is 11.9 Å². The van der Waals surface area contributed by atoms with Crippen LogP contribution in [0.15, 0.2) is 12.3 Å². The smallest absolute Gasteiger partial charge is 0.355 e. The van der Waals surface area contributed by atoms with E-state index in [4.69, 9.17) is 0 Å². The van der Waals surface area contributed by atoms with Crippen LogP contribution in [0.2, 0.25) is 0 Å². The number of alkyl halides is 3. The van der Waals surface area contributed by atoms with Gasteiger partial charge < -0.3 is 9.80 Å². The maximum atomic E-state index is 13.1. The number of ketones is 1. The molecule has 2 aliphatic rings. The molecule has 2 saturated heterocycles. The van der Waals surface area contributed by atoms with Crippen LogP contribution >= 0.6 is 0 Å². The van der Waals surface area contributed by atoms with Gasteiger partial charge in [-0.25, -0.2) is 19.6 Å². The number of anilines is 2. The molecule has 2 aliphatic heterocycles. The molecule has 0 saturated carbocycles. The molecular weight excluding hydrogens is 437 g/mol. The van der Waals surface area contributed by atoms with Gasteiger partial charge in [0.05, 0.1) is 11.1 Å². The summed E-state index contributed by atoms with van der Waals surface area (Å²) < 4.78 is 41.0. The second-order valence-corrected chi connectivity index (χ2v) is 9.04. The number of aryl methyl sites for hydroxylation is 2. The molecule has 3 aromatic heterocycles. The maximum absolute atomic E-state index is 13.1. The van der Waals surface area contributed by atoms with Gasteiger partial charge in [-0.15, -0.1) is 0 Å². The van der Waals surface area contributed by atoms with E-state index in [1.54, 1.807) is 10.9 Å². The molecule has 0 N–H and O–H groups in total. The van der Waals surface area contributed by atoms with Crippen molar-refractivity contribution in [3.05, 3.63) is 29.5 Å². The molecule has 12 heteroatoms. The van der Waals surface area contributed by atoms with E-state index >= 15 is 0 Å². The van der Waals surface area contributed by atoms with Crippen molar-refractivity contribution in [1.82, 2.24) is 29.7 Å². The summed E-state index contributed by atoms with van der Waals surface area (Å²) in [5, 5.41) is 5.21. The summed E-state index contributed by atoms with van der Waals surface area (Å²) in [5.74, 6) is 0.968. The van der Waals surface area contributed by atoms with Crippen molar-refractivity contribution >= 4 is 28.6 Å². The molecule has 3 aromatic rings. The lowest BCUT2D eigenvalue weighted by Crippen LogP contribution is -2.58. The predicted molar refractivity (Wildman–Crippen MR) is 114 cm³/mol. The second kappa shape index (κ2) is 7.35. The lowest BCUT2D eigenvalue weighted by atomic mass is 9.79. The number of aromatic nitrogens is 6. The van der Waals surface area contributed by atoms with Crippen molar-refractivity contribution < 1.29 is 18.0 Å². The Hall–Kier alpha value is -3.31. The van der Waals surface area contributed by atoms with Gasteiger partial charge in [-0.05, 0) is 27.2 Å². The minimum Gasteiger partial charge on any atom is -0.355 e. The van der Waals surface area contributed by atoms with Crippen molar-refractivity contribution in [1.29, 1.82) is 0 Å². The SMILES string of the molecule is CC(=O)Cn1nc(C)c2cnc(N3CCC4(CN(c5cc(C(F)(F)F)nc(C)n5)C4)C3)nc21. The molecule has 0 aromatic carbocycles. The van der Waals surface area contributed by atoms with Gasteiger partial charge in [-0.2, -0.15) is 23.3 Å². The first-order valence-electron chi connectivity index (χ1n) is 10.7. The topological polar surface area (TPSA) is 92.9 Å². The molecule has 33 heavy (non-hydrogen) atoms. The summed E-state index contributed by atoms with van der Waals surface area (Å²) in [6, 6.07) is 1.02. The summed E-state index contributed by atoms with van der Waals surface area (Å²) in [6.07, 6.45) is -1.89. The van der Waals surface area contributed by atoms with Gasteiger partial charge in [0, 0.05) is 43.9 Å². The fourth-order valence-electron chi connectivity index (χ4n) is 4.72. The summed E-state index contributed by atoms with van der Waals surface area (Å²) >= 11 is 0. The Morgan fingerprint density at radius 1 is 1.12 bits per heavy atom. The van der Waals surface area contributed by atoms with Gasteiger partial charge >= 0.3 is 6.18 Å². The summed E-state index contributed by atoms with van der Waals surface area (Å²) in [5.41, 5.74) is 0.423. The van der Waals surface area contributed by atoms with E-state index in [2.05, 4.69) is 29.9 Å². The monoisotopic (exact) mass is 460 g/mol. The lowest BCUT2D eigenvalue weighted by molar-refractivity contribution is -0.141. The van der Waals surface area contributed by atoms with Crippen LogP contribution < -0.4 is 9.80 Å². The van der Waals surface area contributed by atoms with Gasteiger partial charge in [0.15, 0.2) is 11.4 Å². The third kappa shape index (κ3) is 3.87. The van der Waals surface area contributed by atoms with Crippen molar-refractivity contribution in [2.75, 3.05) is 36.0 Å². The Balaban J connectivity index is 1.33. The van der Waals surface area contributed by atoms with E-state index in [1.165, 1.54) is 13.8 Å². The Kier molecular flexibility index (Phi) is 4.80. The van der Waals surface area contributed by atoms with Crippen LogP contribution in [0.25, 0.3) is 11.0 Å². The molecule has 0 amide bonds. The standard InChI is InChI=1S/C21H23F3N8O/c1-12(33)8-32-18-15(13(2)29-32)7-25-19(28-18)30-5-4-20(9-30)10-31(11-20)17-6-16(21(22,23)24)26-14(3)27-17/h6-7H,4-5,8-11H2,1-3H3. The molecule has 9 nitrogen and oxygen atoms in total. The normalized spacial score (nSPS) is 17.8. The van der Waals surface area contributed by atoms with Gasteiger partial charge in [0.2, 0.25) is 5.95 Å². The highest BCUT2D eigenvalue weighted by Crippen LogP contribution is 2.43. The van der Waals surface area contributed by atoms with Gasteiger partial charge in [-0.1, -0.05) is 0 Å². The number of carbonyl (C=O) groups is 1. The van der Waals surface area contributed by atoms with Crippen LogP contribution in [-0.2, 0) is 17.5 Å². The molecule has 1 spiro atoms. The first kappa shape index (κ1) is 21.5. The molecule has 0 aliphatic carbocycles. The number of hydrogen-bond donors (Lipinski definition) is 0. The Bertz CT molecular complexity index is 1250. The van der Waals surface area contributed by atoms with Crippen LogP contribution in [-0.4, -0.2) is 61.7 Å². The van der Waals surface area contributed by atoms with Crippen LogP contribution in [0.1, 0.15) is 30.6 Å². The van der Waals surface area contributed by atoms with Gasteiger partial charge in [0.1, 0.15) is 23.9 Å². The van der Waals surface area contributed by atoms with Crippen molar-refractivity contribution in [2.45, 2.75) is 39.9 Å². The van der Waals surface area contributed by atoms with E-state index in [-0.39, 0.29) is 23.6 Å². The minimum absolute atomic E-state index is 0.0112. The third-order valence-corrected chi connectivity index (χ3v) is 6.25. The number of nitrogens with zero attached hydrogens (tertiary/aromatic N) is 8. The average Bonchev–Trinajstić information content (AvgIpc) is 3.28. The molecular formula is C21H23F3N8O. The fourth-order valence-corrected chi connectivity index (χ4v) is 4.72. The number of hydrogen-bond acceptors (Lipinski definition) is 8. The van der Waals surface area contributed by atoms with Crippen LogP contribution in [0, 0.1) is 19.3 Å². The highest BCUT2D eigenvalue weighted by Gasteiger charge is 2.49. The zero-order valence-corrected chi connectivity index (χ0v) is 18.5. The van der Waals surface area contributed by atoms with Crippen LogP contribution in [0.4, 0.5) is 24.9 Å². The van der Waals surface area contributed by atoms with Crippen molar-refractivity contribution in [3.63, 3.8) is 0 Å². The van der Waals surface area contributed by atoms with E-state index in [0.717, 1.165) is 30.1 Å². The van der Waals surface area contributed by atoms with Crippen LogP contribution in [0.3, 0.4) is 0 Å². The molecule has 0 radical (unpaired) electrons. The number of fused-ring (bicyclic) bond motifs is 1. The highest BCUT2D eigenvalue weighted by molar-refractivity contribution is 5.81. The highest BCUT2D eigenvalue weighted by atomic mass is 19.4. The van der Waals surface area contributed by atoms with Gasteiger partial charge in [-0.3, -0.25) is 4.79 Å². The molecule has 0 unspecified atom stereocenters. The maximum Gasteiger partial charge on any atom is 0.433 e. The summed E-state index contributed by atoms with van der Waals surface area (Å²) in [4.78, 5) is 32.5. The number of Topliss-reactive ketones (excluding diaryl/α,β-unsaturated/α-hetero) is 1. The first-order chi connectivity index (χ1) is 15.5. The number of halogens is 3. The summed E-state index contributed by atoms with van der Waals surface area (Å²) in [7, 11) is 0. The number of carbonyl (C=O) groups excluding carboxylic acids is 1. The molecule has 174 valence electrons. The predicted octanol–water partition coefficient (Wildman–Crippen LogP) is 2.56. The molecule has 2 fully saturated rings. The minimum atomic E-state index is -4.50. The Morgan fingerprint density at radius 3 is 2.55 bits per heavy atom. The molecule has 5 rings (SSSR count). The van der Waals surface area contributed by atoms with Crippen molar-refractivity contribution in [2.24, 2.45) is 5.41 Å². The largest absolute Gasteiger partial charge is 0.433 e. The van der Waals surface area contributed by atoms with E-state index in [1.807, 2.05) is 11.8 Å². The fraction of sp³-hybridized carbons (Fsp3) is 0.524. The molecule has 5 heterocycles. The summed E-state index contributed by atoms with van der Waals surface area (Å²) in [6.45, 7) is 7.65. The zero-order chi connectivity index (χ0) is 23.5. The van der Waals surface area contributed by atoms with E-state index in [9.17, 15) is 18.0 Å². The van der Waals surface area contributed by atoms with Crippen molar-refractivity contribution in [3.8, 4) is 0 Å². The lowest BCUT2D eigenvalue weighted by Gasteiger charge is -2.48. The molecule has 0 atom stereocenters. The average molecular weight is 460 g/mol. The Morgan fingerprint density at radius 2 is 1.85 bits per heavy atom. The molecule has 0 bridgehead atoms. The second-order valence-electron chi connectivity index (χ2n) is 9.04.